The number of hydrogen-bond donors (Lipinski definition) is 2. The average molecular weight is 469 g/mol. The molecule has 0 bridgehead atoms. The van der Waals surface area contributed by atoms with Crippen molar-refractivity contribution < 1.29 is 24.2 Å². The SMILES string of the molecule is C1CCC(NC2CCCCC2)CC1.COC(C(C)C(=O)O)[C@@H]1CCCN1C(=O)OC(C)(C)C. The fraction of sp³-hybridized carbons (Fsp3) is 0.923. The van der Waals surface area contributed by atoms with Crippen LogP contribution in [0.3, 0.4) is 0 Å². The standard InChI is InChI=1S/C14H25NO5.C12H23N/c1-9(12(16)17)11(19-5)10-7-6-8-15(10)13(18)20-14(2,3)4;1-3-7-11(8-4-1)13-12-9-5-2-6-10-12/h9-11H,6-8H2,1-5H3,(H,16,17);11-13H,1-10H2/t9?,10-,11?;/m0./s1. The van der Waals surface area contributed by atoms with Crippen LogP contribution in [0.1, 0.15) is 105 Å². The molecular weight excluding hydrogens is 420 g/mol. The van der Waals surface area contributed by atoms with E-state index < -0.39 is 29.7 Å². The number of carbonyl (C=O) groups excluding carboxylic acids is 1. The van der Waals surface area contributed by atoms with Gasteiger partial charge in [-0.3, -0.25) is 4.79 Å². The minimum Gasteiger partial charge on any atom is -0.481 e. The molecule has 0 aromatic heterocycles. The maximum Gasteiger partial charge on any atom is 0.410 e. The predicted octanol–water partition coefficient (Wildman–Crippen LogP) is 5.36. The van der Waals surface area contributed by atoms with Gasteiger partial charge >= 0.3 is 12.1 Å². The highest BCUT2D eigenvalue weighted by Crippen LogP contribution is 2.28. The summed E-state index contributed by atoms with van der Waals surface area (Å²) in [5.74, 6) is -1.60. The van der Waals surface area contributed by atoms with E-state index in [1.807, 2.05) is 20.8 Å². The third kappa shape index (κ3) is 9.44. The highest BCUT2D eigenvalue weighted by atomic mass is 16.6. The van der Waals surface area contributed by atoms with Crippen LogP contribution in [0.4, 0.5) is 4.79 Å². The first kappa shape index (κ1) is 27.9. The molecule has 33 heavy (non-hydrogen) atoms. The first-order chi connectivity index (χ1) is 15.6. The summed E-state index contributed by atoms with van der Waals surface area (Å²) in [5, 5.41) is 13.0. The van der Waals surface area contributed by atoms with Crippen LogP contribution < -0.4 is 5.32 Å². The van der Waals surface area contributed by atoms with Gasteiger partial charge in [0.1, 0.15) is 5.60 Å². The number of methoxy groups -OCH3 is 1. The highest BCUT2D eigenvalue weighted by molar-refractivity contribution is 5.71. The summed E-state index contributed by atoms with van der Waals surface area (Å²) < 4.78 is 10.7. The van der Waals surface area contributed by atoms with E-state index >= 15 is 0 Å². The molecule has 0 aromatic carbocycles. The van der Waals surface area contributed by atoms with Gasteiger partial charge in [0.25, 0.3) is 0 Å². The first-order valence-corrected chi connectivity index (χ1v) is 13.1. The van der Waals surface area contributed by atoms with Crippen molar-refractivity contribution in [2.45, 2.75) is 135 Å². The van der Waals surface area contributed by atoms with E-state index in [9.17, 15) is 9.59 Å². The summed E-state index contributed by atoms with van der Waals surface area (Å²) in [7, 11) is 1.48. The van der Waals surface area contributed by atoms with Gasteiger partial charge in [-0.05, 0) is 66.2 Å². The van der Waals surface area contributed by atoms with Gasteiger partial charge in [-0.25, -0.2) is 4.79 Å². The molecule has 7 nitrogen and oxygen atoms in total. The Bertz CT molecular complexity index is 578. The van der Waals surface area contributed by atoms with Crippen molar-refractivity contribution in [3.63, 3.8) is 0 Å². The zero-order chi connectivity index (χ0) is 24.4. The van der Waals surface area contributed by atoms with E-state index in [4.69, 9.17) is 14.6 Å². The summed E-state index contributed by atoms with van der Waals surface area (Å²) >= 11 is 0. The first-order valence-electron chi connectivity index (χ1n) is 13.1. The van der Waals surface area contributed by atoms with Gasteiger partial charge in [0.05, 0.1) is 18.1 Å². The monoisotopic (exact) mass is 468 g/mol. The van der Waals surface area contributed by atoms with Crippen molar-refractivity contribution in [1.29, 1.82) is 0 Å². The average Bonchev–Trinajstić information content (AvgIpc) is 3.25. The Morgan fingerprint density at radius 2 is 1.42 bits per heavy atom. The van der Waals surface area contributed by atoms with Crippen molar-refractivity contribution in [1.82, 2.24) is 10.2 Å². The Labute approximate surface area is 201 Å². The molecule has 192 valence electrons. The van der Waals surface area contributed by atoms with Gasteiger partial charge < -0.3 is 24.8 Å². The second-order valence-corrected chi connectivity index (χ2v) is 11.0. The normalized spacial score (nSPS) is 24.5. The van der Waals surface area contributed by atoms with Crippen LogP contribution in [0.25, 0.3) is 0 Å². The molecule has 1 aliphatic heterocycles. The van der Waals surface area contributed by atoms with Gasteiger partial charge in [-0.15, -0.1) is 0 Å². The quantitative estimate of drug-likeness (QED) is 0.545. The van der Waals surface area contributed by atoms with Crippen LogP contribution in [0.2, 0.25) is 0 Å². The fourth-order valence-electron chi connectivity index (χ4n) is 5.39. The van der Waals surface area contributed by atoms with E-state index in [-0.39, 0.29) is 6.04 Å². The van der Waals surface area contributed by atoms with Crippen LogP contribution in [0, 0.1) is 5.92 Å². The van der Waals surface area contributed by atoms with Gasteiger partial charge in [0.15, 0.2) is 0 Å². The molecule has 1 amide bonds. The second-order valence-electron chi connectivity index (χ2n) is 11.0. The molecule has 2 saturated carbocycles. The van der Waals surface area contributed by atoms with Crippen LogP contribution in [-0.2, 0) is 14.3 Å². The molecule has 1 heterocycles. The third-order valence-electron chi connectivity index (χ3n) is 7.14. The molecule has 3 aliphatic rings. The number of nitrogens with one attached hydrogen (secondary N) is 1. The number of likely N-dealkylation sites (tertiary alicyclic amines) is 1. The van der Waals surface area contributed by atoms with Crippen LogP contribution in [0.15, 0.2) is 0 Å². The van der Waals surface area contributed by atoms with E-state index in [0.717, 1.165) is 24.9 Å². The molecule has 7 heteroatoms. The molecule has 2 N–H and O–H groups in total. The number of ether oxygens (including phenoxy) is 2. The van der Waals surface area contributed by atoms with E-state index in [1.54, 1.807) is 11.8 Å². The summed E-state index contributed by atoms with van der Waals surface area (Å²) in [6.45, 7) is 7.60. The van der Waals surface area contributed by atoms with Crippen molar-refractivity contribution >= 4 is 12.1 Å². The van der Waals surface area contributed by atoms with E-state index in [1.165, 1.54) is 71.3 Å². The van der Waals surface area contributed by atoms with Crippen molar-refractivity contribution in [2.24, 2.45) is 5.92 Å². The lowest BCUT2D eigenvalue weighted by Gasteiger charge is -2.34. The van der Waals surface area contributed by atoms with Crippen molar-refractivity contribution in [3.8, 4) is 0 Å². The molecule has 3 atom stereocenters. The minimum atomic E-state index is -0.923. The Morgan fingerprint density at radius 3 is 1.85 bits per heavy atom. The smallest absolute Gasteiger partial charge is 0.410 e. The third-order valence-corrected chi connectivity index (χ3v) is 7.14. The number of amides is 1. The van der Waals surface area contributed by atoms with Gasteiger partial charge in [0, 0.05) is 25.7 Å². The predicted molar refractivity (Wildman–Crippen MR) is 130 cm³/mol. The number of nitrogens with zero attached hydrogens (tertiary/aromatic N) is 1. The number of rotatable bonds is 6. The molecule has 3 fully saturated rings. The number of carbonyl (C=O) groups is 2. The topological polar surface area (TPSA) is 88.1 Å². The lowest BCUT2D eigenvalue weighted by molar-refractivity contribution is -0.147. The number of carboxylic acid groups (broad SMARTS) is 1. The Kier molecular flexibility index (Phi) is 11.4. The summed E-state index contributed by atoms with van der Waals surface area (Å²) in [4.78, 5) is 24.9. The van der Waals surface area contributed by atoms with Crippen LogP contribution in [-0.4, -0.2) is 65.6 Å². The largest absolute Gasteiger partial charge is 0.481 e. The molecule has 1 saturated heterocycles. The number of carboxylic acids is 1. The maximum atomic E-state index is 12.2. The van der Waals surface area contributed by atoms with E-state index in [2.05, 4.69) is 5.32 Å². The molecule has 0 aromatic rings. The summed E-state index contributed by atoms with van der Waals surface area (Å²) in [6.07, 6.45) is 15.2. The van der Waals surface area contributed by atoms with Crippen molar-refractivity contribution in [3.05, 3.63) is 0 Å². The molecule has 2 unspecified atom stereocenters. The second kappa shape index (κ2) is 13.5. The summed E-state index contributed by atoms with van der Waals surface area (Å²) in [6, 6.07) is 1.50. The minimum absolute atomic E-state index is 0.249. The van der Waals surface area contributed by atoms with Gasteiger partial charge in [-0.2, -0.15) is 0 Å². The molecular formula is C26H48N2O5. The van der Waals surface area contributed by atoms with Gasteiger partial charge in [-0.1, -0.05) is 38.5 Å². The van der Waals surface area contributed by atoms with Crippen LogP contribution in [0.5, 0.6) is 0 Å². The Morgan fingerprint density at radius 1 is 0.909 bits per heavy atom. The molecule has 3 rings (SSSR count). The maximum absolute atomic E-state index is 12.2. The highest BCUT2D eigenvalue weighted by Gasteiger charge is 2.41. The summed E-state index contributed by atoms with van der Waals surface area (Å²) in [5.41, 5.74) is -0.564. The number of aliphatic carboxylic acids is 1. The molecule has 0 radical (unpaired) electrons. The molecule has 2 aliphatic carbocycles. The Balaban J connectivity index is 0.000000254. The lowest BCUT2D eigenvalue weighted by atomic mass is 9.91. The fourth-order valence-corrected chi connectivity index (χ4v) is 5.39. The zero-order valence-corrected chi connectivity index (χ0v) is 21.6. The van der Waals surface area contributed by atoms with Gasteiger partial charge in [0.2, 0.25) is 0 Å². The molecule has 0 spiro atoms. The zero-order valence-electron chi connectivity index (χ0n) is 21.6. The van der Waals surface area contributed by atoms with Crippen LogP contribution >= 0.6 is 0 Å². The Hall–Kier alpha value is -1.34. The van der Waals surface area contributed by atoms with Crippen molar-refractivity contribution in [2.75, 3.05) is 13.7 Å². The number of hydrogen-bond acceptors (Lipinski definition) is 5. The lowest BCUT2D eigenvalue weighted by Crippen LogP contribution is -2.49. The van der Waals surface area contributed by atoms with E-state index in [0.29, 0.717) is 6.54 Å².